The van der Waals surface area contributed by atoms with Gasteiger partial charge in [-0.2, -0.15) is 0 Å². The lowest BCUT2D eigenvalue weighted by atomic mass is 9.95. The van der Waals surface area contributed by atoms with Gasteiger partial charge < -0.3 is 10.3 Å². The molecular formula is C16H23N3. The largest absolute Gasteiger partial charge is 0.348 e. The standard InChI is InChI=1S/C16H23N3/c1-11-7-12(2)16(13(3)8-11)14(4)18-6-5-15-9-17-10-19-15/h7-10,14,18H,5-6H2,1-4H3,(H,17,19). The minimum Gasteiger partial charge on any atom is -0.348 e. The molecule has 0 saturated heterocycles. The van der Waals surface area contributed by atoms with E-state index in [0.717, 1.165) is 13.0 Å². The molecule has 0 spiro atoms. The molecule has 0 aliphatic carbocycles. The summed E-state index contributed by atoms with van der Waals surface area (Å²) in [6.07, 6.45) is 4.59. The molecule has 0 saturated carbocycles. The van der Waals surface area contributed by atoms with Gasteiger partial charge in [-0.05, 0) is 44.4 Å². The van der Waals surface area contributed by atoms with E-state index in [1.54, 1.807) is 6.33 Å². The van der Waals surface area contributed by atoms with E-state index >= 15 is 0 Å². The maximum atomic E-state index is 4.03. The molecule has 19 heavy (non-hydrogen) atoms. The zero-order chi connectivity index (χ0) is 13.8. The van der Waals surface area contributed by atoms with Crippen LogP contribution in [0.4, 0.5) is 0 Å². The van der Waals surface area contributed by atoms with Crippen molar-refractivity contribution in [1.82, 2.24) is 15.3 Å². The summed E-state index contributed by atoms with van der Waals surface area (Å²) in [5, 5.41) is 3.59. The summed E-state index contributed by atoms with van der Waals surface area (Å²) >= 11 is 0. The van der Waals surface area contributed by atoms with Crippen LogP contribution in [0.5, 0.6) is 0 Å². The Labute approximate surface area is 115 Å². The molecule has 2 N–H and O–H groups in total. The Kier molecular flexibility index (Phi) is 4.38. The van der Waals surface area contributed by atoms with Crippen LogP contribution in [0.1, 0.15) is 40.9 Å². The number of aromatic amines is 1. The fraction of sp³-hybridized carbons (Fsp3) is 0.438. The van der Waals surface area contributed by atoms with E-state index in [-0.39, 0.29) is 0 Å². The van der Waals surface area contributed by atoms with Crippen LogP contribution in [-0.4, -0.2) is 16.5 Å². The van der Waals surface area contributed by atoms with Gasteiger partial charge in [-0.15, -0.1) is 0 Å². The Balaban J connectivity index is 1.98. The molecule has 1 aromatic heterocycles. The topological polar surface area (TPSA) is 40.7 Å². The molecule has 0 amide bonds. The first kappa shape index (κ1) is 13.8. The molecule has 0 aliphatic rings. The maximum Gasteiger partial charge on any atom is 0.0921 e. The van der Waals surface area contributed by atoms with Crippen molar-refractivity contribution in [3.63, 3.8) is 0 Å². The number of nitrogens with one attached hydrogen (secondary N) is 2. The van der Waals surface area contributed by atoms with E-state index in [4.69, 9.17) is 0 Å². The van der Waals surface area contributed by atoms with Gasteiger partial charge in [-0.1, -0.05) is 17.7 Å². The molecule has 0 radical (unpaired) electrons. The molecule has 1 heterocycles. The molecule has 0 aliphatic heterocycles. The van der Waals surface area contributed by atoms with Gasteiger partial charge >= 0.3 is 0 Å². The fourth-order valence-electron chi connectivity index (χ4n) is 2.82. The predicted molar refractivity (Wildman–Crippen MR) is 79.4 cm³/mol. The molecule has 2 aromatic rings. The number of rotatable bonds is 5. The summed E-state index contributed by atoms with van der Waals surface area (Å²) in [5.74, 6) is 0. The first-order chi connectivity index (χ1) is 9.08. The van der Waals surface area contributed by atoms with Crippen molar-refractivity contribution in [2.45, 2.75) is 40.2 Å². The Bertz CT molecular complexity index is 506. The van der Waals surface area contributed by atoms with Gasteiger partial charge in [-0.3, -0.25) is 0 Å². The van der Waals surface area contributed by atoms with Gasteiger partial charge in [0.15, 0.2) is 0 Å². The van der Waals surface area contributed by atoms with Crippen LogP contribution in [0.3, 0.4) is 0 Å². The van der Waals surface area contributed by atoms with Crippen molar-refractivity contribution in [2.75, 3.05) is 6.54 Å². The van der Waals surface area contributed by atoms with E-state index in [1.807, 2.05) is 6.20 Å². The Hall–Kier alpha value is -1.61. The normalized spacial score (nSPS) is 12.6. The number of benzene rings is 1. The summed E-state index contributed by atoms with van der Waals surface area (Å²) in [4.78, 5) is 7.16. The minimum atomic E-state index is 0.378. The number of aryl methyl sites for hydroxylation is 3. The molecule has 1 unspecified atom stereocenters. The lowest BCUT2D eigenvalue weighted by Crippen LogP contribution is -2.23. The minimum absolute atomic E-state index is 0.378. The SMILES string of the molecule is Cc1cc(C)c(C(C)NCCc2cnc[nH]2)c(C)c1. The van der Waals surface area contributed by atoms with E-state index in [1.165, 1.54) is 27.9 Å². The number of imidazole rings is 1. The van der Waals surface area contributed by atoms with Crippen LogP contribution in [0, 0.1) is 20.8 Å². The van der Waals surface area contributed by atoms with Crippen LogP contribution >= 0.6 is 0 Å². The van der Waals surface area contributed by atoms with Gasteiger partial charge in [0.25, 0.3) is 0 Å². The summed E-state index contributed by atoms with van der Waals surface area (Å²) < 4.78 is 0. The average molecular weight is 257 g/mol. The van der Waals surface area contributed by atoms with Crippen LogP contribution in [-0.2, 0) is 6.42 Å². The third kappa shape index (κ3) is 3.44. The summed E-state index contributed by atoms with van der Waals surface area (Å²) in [7, 11) is 0. The first-order valence-electron chi connectivity index (χ1n) is 6.86. The van der Waals surface area contributed by atoms with Gasteiger partial charge in [0.1, 0.15) is 0 Å². The van der Waals surface area contributed by atoms with Crippen LogP contribution in [0.25, 0.3) is 0 Å². The van der Waals surface area contributed by atoms with E-state index in [9.17, 15) is 0 Å². The zero-order valence-corrected chi connectivity index (χ0v) is 12.2. The third-order valence-electron chi connectivity index (χ3n) is 3.57. The van der Waals surface area contributed by atoms with Crippen LogP contribution in [0.15, 0.2) is 24.7 Å². The highest BCUT2D eigenvalue weighted by molar-refractivity contribution is 5.39. The first-order valence-corrected chi connectivity index (χ1v) is 6.86. The maximum absolute atomic E-state index is 4.03. The Morgan fingerprint density at radius 1 is 1.21 bits per heavy atom. The van der Waals surface area contributed by atoms with Gasteiger partial charge in [0.2, 0.25) is 0 Å². The highest BCUT2D eigenvalue weighted by Crippen LogP contribution is 2.23. The fourth-order valence-corrected chi connectivity index (χ4v) is 2.82. The van der Waals surface area contributed by atoms with Gasteiger partial charge in [0.05, 0.1) is 6.33 Å². The highest BCUT2D eigenvalue weighted by atomic mass is 14.9. The predicted octanol–water partition coefficient (Wildman–Crippen LogP) is 3.23. The summed E-state index contributed by atoms with van der Waals surface area (Å²) in [6, 6.07) is 4.90. The second kappa shape index (κ2) is 6.02. The van der Waals surface area contributed by atoms with Crippen molar-refractivity contribution in [3.8, 4) is 0 Å². The smallest absolute Gasteiger partial charge is 0.0921 e. The quantitative estimate of drug-likeness (QED) is 0.863. The van der Waals surface area contributed by atoms with Crippen molar-refractivity contribution >= 4 is 0 Å². The number of H-pyrrole nitrogens is 1. The Morgan fingerprint density at radius 3 is 2.47 bits per heavy atom. The number of aromatic nitrogens is 2. The lowest BCUT2D eigenvalue weighted by Gasteiger charge is -2.19. The number of hydrogen-bond donors (Lipinski definition) is 2. The molecule has 3 nitrogen and oxygen atoms in total. The highest BCUT2D eigenvalue weighted by Gasteiger charge is 2.11. The molecule has 102 valence electrons. The van der Waals surface area contributed by atoms with Crippen LogP contribution < -0.4 is 5.32 Å². The second-order valence-electron chi connectivity index (χ2n) is 5.32. The lowest BCUT2D eigenvalue weighted by molar-refractivity contribution is 0.569. The number of nitrogens with zero attached hydrogens (tertiary/aromatic N) is 1. The second-order valence-corrected chi connectivity index (χ2v) is 5.32. The molecular weight excluding hydrogens is 234 g/mol. The molecule has 1 aromatic carbocycles. The van der Waals surface area contributed by atoms with Gasteiger partial charge in [-0.25, -0.2) is 4.98 Å². The van der Waals surface area contributed by atoms with Crippen LogP contribution in [0.2, 0.25) is 0 Å². The van der Waals surface area contributed by atoms with Crippen molar-refractivity contribution in [1.29, 1.82) is 0 Å². The molecule has 1 atom stereocenters. The van der Waals surface area contributed by atoms with E-state index in [2.05, 4.69) is 55.1 Å². The molecule has 3 heteroatoms. The van der Waals surface area contributed by atoms with Crippen molar-refractivity contribution in [3.05, 3.63) is 52.6 Å². The van der Waals surface area contributed by atoms with E-state index in [0.29, 0.717) is 6.04 Å². The number of hydrogen-bond acceptors (Lipinski definition) is 2. The monoisotopic (exact) mass is 257 g/mol. The Morgan fingerprint density at radius 2 is 1.89 bits per heavy atom. The average Bonchev–Trinajstić information content (AvgIpc) is 2.80. The zero-order valence-electron chi connectivity index (χ0n) is 12.2. The van der Waals surface area contributed by atoms with Crippen molar-refractivity contribution < 1.29 is 0 Å². The van der Waals surface area contributed by atoms with Crippen molar-refractivity contribution in [2.24, 2.45) is 0 Å². The molecule has 0 fully saturated rings. The summed E-state index contributed by atoms with van der Waals surface area (Å²) in [6.45, 7) is 9.73. The molecule has 2 rings (SSSR count). The van der Waals surface area contributed by atoms with Gasteiger partial charge in [0, 0.05) is 30.9 Å². The van der Waals surface area contributed by atoms with E-state index < -0.39 is 0 Å². The molecule has 0 bridgehead atoms. The summed E-state index contributed by atoms with van der Waals surface area (Å²) in [5.41, 5.74) is 6.69. The third-order valence-corrected chi connectivity index (χ3v) is 3.57.